The van der Waals surface area contributed by atoms with Crippen molar-refractivity contribution in [2.75, 3.05) is 12.3 Å². The number of rotatable bonds is 6. The lowest BCUT2D eigenvalue weighted by atomic mass is 9.95. The second-order valence-electron chi connectivity index (χ2n) is 9.59. The van der Waals surface area contributed by atoms with Gasteiger partial charge in [-0.1, -0.05) is 6.07 Å². The molecule has 2 bridgehead atoms. The predicted octanol–water partition coefficient (Wildman–Crippen LogP) is 7.04. The lowest BCUT2D eigenvalue weighted by molar-refractivity contribution is 0.0950. The molecular formula is C31H25F2N3O3. The van der Waals surface area contributed by atoms with Crippen molar-refractivity contribution in [2.24, 2.45) is 0 Å². The maximum atomic E-state index is 14.7. The van der Waals surface area contributed by atoms with Gasteiger partial charge in [-0.2, -0.15) is 0 Å². The van der Waals surface area contributed by atoms with Crippen molar-refractivity contribution in [1.82, 2.24) is 10.3 Å². The summed E-state index contributed by atoms with van der Waals surface area (Å²) in [5.74, 6) is -0.543. The van der Waals surface area contributed by atoms with Gasteiger partial charge in [0.2, 0.25) is 0 Å². The van der Waals surface area contributed by atoms with Crippen LogP contribution in [0.2, 0.25) is 0 Å². The summed E-state index contributed by atoms with van der Waals surface area (Å²) in [6, 6.07) is 14.8. The number of amides is 1. The Bertz CT molecular complexity index is 1890. The number of carbonyl (C=O) groups excluding carboxylic acids is 1. The summed E-state index contributed by atoms with van der Waals surface area (Å²) in [6.45, 7) is 6.07. The van der Waals surface area contributed by atoms with E-state index in [9.17, 15) is 13.6 Å². The van der Waals surface area contributed by atoms with Crippen molar-refractivity contribution in [3.05, 3.63) is 88.6 Å². The molecule has 0 spiro atoms. The largest absolute Gasteiger partial charge is 0.493 e. The third-order valence-corrected chi connectivity index (χ3v) is 7.06. The van der Waals surface area contributed by atoms with Gasteiger partial charge in [0, 0.05) is 62.6 Å². The number of ether oxygens (including phenoxy) is 1. The smallest absolute Gasteiger partial charge is 0.251 e. The highest BCUT2D eigenvalue weighted by Gasteiger charge is 2.21. The molecule has 0 saturated carbocycles. The third kappa shape index (κ3) is 4.09. The third-order valence-electron chi connectivity index (χ3n) is 7.06. The molecule has 6 nitrogen and oxygen atoms in total. The number of pyridine rings is 1. The average Bonchev–Trinajstić information content (AvgIpc) is 3.44. The van der Waals surface area contributed by atoms with E-state index in [0.717, 1.165) is 33.2 Å². The van der Waals surface area contributed by atoms with E-state index in [2.05, 4.69) is 10.3 Å². The van der Waals surface area contributed by atoms with Gasteiger partial charge < -0.3 is 20.2 Å². The lowest BCUT2D eigenvalue weighted by Gasteiger charge is -2.14. The van der Waals surface area contributed by atoms with Crippen molar-refractivity contribution in [2.45, 2.75) is 27.3 Å². The Morgan fingerprint density at radius 3 is 2.44 bits per heavy atom. The van der Waals surface area contributed by atoms with Crippen molar-refractivity contribution in [3.63, 3.8) is 0 Å². The first kappa shape index (κ1) is 24.6. The van der Waals surface area contributed by atoms with Gasteiger partial charge in [0.05, 0.1) is 6.61 Å². The average molecular weight is 526 g/mol. The van der Waals surface area contributed by atoms with Crippen LogP contribution in [-0.2, 0) is 6.54 Å². The van der Waals surface area contributed by atoms with Crippen LogP contribution in [0.25, 0.3) is 43.8 Å². The number of nitrogens with zero attached hydrogens (tertiary/aromatic N) is 1. The van der Waals surface area contributed by atoms with Gasteiger partial charge in [0.1, 0.15) is 34.4 Å². The van der Waals surface area contributed by atoms with Crippen LogP contribution in [0.15, 0.2) is 59.0 Å². The van der Waals surface area contributed by atoms with Crippen LogP contribution in [0.3, 0.4) is 0 Å². The molecule has 8 heteroatoms. The van der Waals surface area contributed by atoms with Gasteiger partial charge in [-0.05, 0) is 68.3 Å². The minimum atomic E-state index is -0.618. The van der Waals surface area contributed by atoms with Crippen LogP contribution in [0.1, 0.15) is 34.1 Å². The van der Waals surface area contributed by atoms with Crippen LogP contribution in [0.5, 0.6) is 5.75 Å². The van der Waals surface area contributed by atoms with E-state index in [0.29, 0.717) is 57.3 Å². The van der Waals surface area contributed by atoms with E-state index in [1.807, 2.05) is 38.1 Å². The summed E-state index contributed by atoms with van der Waals surface area (Å²) in [6.07, 6.45) is 0. The lowest BCUT2D eigenvalue weighted by Crippen LogP contribution is -2.24. The molecule has 0 aliphatic rings. The Morgan fingerprint density at radius 1 is 0.974 bits per heavy atom. The second-order valence-corrected chi connectivity index (χ2v) is 9.59. The molecule has 6 rings (SSSR count). The minimum Gasteiger partial charge on any atom is -0.493 e. The molecule has 3 N–H and O–H groups in total. The number of nitrogens with two attached hydrogens (primary N) is 1. The molecule has 0 atom stereocenters. The van der Waals surface area contributed by atoms with Crippen LogP contribution in [0, 0.1) is 25.5 Å². The number of aryl methyl sites for hydroxylation is 2. The normalized spacial score (nSPS) is 11.6. The number of fused-ring (bicyclic) bond motifs is 8. The molecular weight excluding hydrogens is 500 g/mol. The molecule has 0 aliphatic heterocycles. The highest BCUT2D eigenvalue weighted by Crippen LogP contribution is 2.43. The molecule has 3 heterocycles. The summed E-state index contributed by atoms with van der Waals surface area (Å²) in [4.78, 5) is 17.4. The molecule has 6 aromatic rings. The summed E-state index contributed by atoms with van der Waals surface area (Å²) in [7, 11) is 0. The molecule has 39 heavy (non-hydrogen) atoms. The van der Waals surface area contributed by atoms with E-state index in [1.165, 1.54) is 6.07 Å². The van der Waals surface area contributed by atoms with Crippen molar-refractivity contribution in [3.8, 4) is 16.9 Å². The standard InChI is InChI=1S/C31H25F2N3O3/c1-4-38-26-13-27(34)36-16(3)24(26)14-35-31(37)18-6-8-21-23(11-18)30-22-10-17(5-7-20(22)29(21)39-30)28-15(2)9-19(32)12-25(28)33/h5-13H,4,14H2,1-3H3,(H2,34,36)(H,35,37). The highest BCUT2D eigenvalue weighted by atomic mass is 19.1. The number of benzene rings is 4. The Hall–Kier alpha value is -4.72. The summed E-state index contributed by atoms with van der Waals surface area (Å²) >= 11 is 0. The number of hydrogen-bond donors (Lipinski definition) is 2. The number of nitrogens with one attached hydrogen (secondary N) is 1. The molecule has 0 fully saturated rings. The molecule has 0 radical (unpaired) electrons. The maximum absolute atomic E-state index is 14.7. The van der Waals surface area contributed by atoms with Crippen LogP contribution >= 0.6 is 0 Å². The molecule has 1 amide bonds. The maximum Gasteiger partial charge on any atom is 0.251 e. The Balaban J connectivity index is 1.35. The van der Waals surface area contributed by atoms with Gasteiger partial charge in [-0.3, -0.25) is 4.79 Å². The van der Waals surface area contributed by atoms with Crippen molar-refractivity contribution < 1.29 is 22.7 Å². The Morgan fingerprint density at radius 2 is 1.69 bits per heavy atom. The first-order valence-corrected chi connectivity index (χ1v) is 12.6. The number of halogens is 2. The predicted molar refractivity (Wildman–Crippen MR) is 148 cm³/mol. The monoisotopic (exact) mass is 525 g/mol. The van der Waals surface area contributed by atoms with E-state index >= 15 is 0 Å². The van der Waals surface area contributed by atoms with Gasteiger partial charge in [0.15, 0.2) is 0 Å². The van der Waals surface area contributed by atoms with Crippen molar-refractivity contribution in [1.29, 1.82) is 0 Å². The van der Waals surface area contributed by atoms with E-state index in [-0.39, 0.29) is 12.5 Å². The van der Waals surface area contributed by atoms with E-state index in [4.69, 9.17) is 14.9 Å². The summed E-state index contributed by atoms with van der Waals surface area (Å²) in [5.41, 5.74) is 10.6. The SMILES string of the molecule is CCOc1cc(N)nc(C)c1CNC(=O)c1ccc2c(c1)c1oc2c2ccc(-c3c(C)cc(F)cc3F)cc21. The van der Waals surface area contributed by atoms with Crippen LogP contribution in [0.4, 0.5) is 14.6 Å². The van der Waals surface area contributed by atoms with Crippen LogP contribution < -0.4 is 15.8 Å². The topological polar surface area (TPSA) is 90.4 Å². The second kappa shape index (κ2) is 9.23. The molecule has 3 aromatic heterocycles. The van der Waals surface area contributed by atoms with Crippen molar-refractivity contribution >= 4 is 44.4 Å². The summed E-state index contributed by atoms with van der Waals surface area (Å²) < 4.78 is 40.2. The number of carbonyl (C=O) groups is 1. The number of anilines is 1. The molecule has 0 unspecified atom stereocenters. The Kier molecular flexibility index (Phi) is 5.83. The number of hydrogen-bond acceptors (Lipinski definition) is 5. The molecule has 0 aliphatic carbocycles. The fraction of sp³-hybridized carbons (Fsp3) is 0.161. The fourth-order valence-electron chi connectivity index (χ4n) is 5.30. The first-order chi connectivity index (χ1) is 18.7. The summed E-state index contributed by atoms with van der Waals surface area (Å²) in [5, 5.41) is 6.33. The quantitative estimate of drug-likeness (QED) is 0.228. The van der Waals surface area contributed by atoms with Crippen LogP contribution in [-0.4, -0.2) is 17.5 Å². The first-order valence-electron chi connectivity index (χ1n) is 12.6. The molecule has 0 saturated heterocycles. The zero-order valence-electron chi connectivity index (χ0n) is 21.6. The molecule has 3 aromatic carbocycles. The highest BCUT2D eigenvalue weighted by molar-refractivity contribution is 6.26. The zero-order chi connectivity index (χ0) is 27.4. The van der Waals surface area contributed by atoms with Gasteiger partial charge in [-0.25, -0.2) is 13.8 Å². The van der Waals surface area contributed by atoms with Gasteiger partial charge in [-0.15, -0.1) is 0 Å². The molecule has 196 valence electrons. The van der Waals surface area contributed by atoms with E-state index < -0.39 is 11.6 Å². The fourth-order valence-corrected chi connectivity index (χ4v) is 5.30. The Labute approximate surface area is 222 Å². The van der Waals surface area contributed by atoms with Gasteiger partial charge >= 0.3 is 0 Å². The minimum absolute atomic E-state index is 0.226. The number of aromatic nitrogens is 1. The van der Waals surface area contributed by atoms with E-state index in [1.54, 1.807) is 25.1 Å². The van der Waals surface area contributed by atoms with Gasteiger partial charge in [0.25, 0.3) is 5.91 Å². The number of furan rings is 2. The zero-order valence-corrected chi connectivity index (χ0v) is 21.6. The number of nitrogen functional groups attached to an aromatic ring is 1.